The zero-order valence-corrected chi connectivity index (χ0v) is 10.5. The number of methoxy groups -OCH3 is 1. The Bertz CT molecular complexity index is 379. The van der Waals surface area contributed by atoms with Crippen LogP contribution in [-0.2, 0) is 9.53 Å². The lowest BCUT2D eigenvalue weighted by Gasteiger charge is -2.17. The second-order valence-electron chi connectivity index (χ2n) is 3.51. The number of benzene rings is 1. The first-order valence-electron chi connectivity index (χ1n) is 5.17. The molecule has 0 radical (unpaired) electrons. The van der Waals surface area contributed by atoms with Crippen molar-refractivity contribution in [2.75, 3.05) is 13.7 Å². The Morgan fingerprint density at radius 3 is 2.75 bits per heavy atom. The van der Waals surface area contributed by atoms with Gasteiger partial charge in [0.15, 0.2) is 0 Å². The van der Waals surface area contributed by atoms with Crippen molar-refractivity contribution < 1.29 is 9.53 Å². The van der Waals surface area contributed by atoms with Crippen molar-refractivity contribution in [1.82, 2.24) is 5.32 Å². The van der Waals surface area contributed by atoms with Crippen molar-refractivity contribution >= 4 is 17.6 Å². The highest BCUT2D eigenvalue weighted by atomic mass is 35.5. The van der Waals surface area contributed by atoms with Gasteiger partial charge in [-0.25, -0.2) is 4.79 Å². The molecule has 1 rings (SSSR count). The molecule has 0 aliphatic carbocycles. The summed E-state index contributed by atoms with van der Waals surface area (Å²) in [5.74, 6) is -0.285. The molecule has 0 bridgehead atoms. The SMILES string of the molecule is CCNC(C(=O)OC)c1ccc(Cl)cc1C. The molecule has 1 aromatic carbocycles. The summed E-state index contributed by atoms with van der Waals surface area (Å²) < 4.78 is 4.77. The lowest BCUT2D eigenvalue weighted by atomic mass is 10.0. The maximum Gasteiger partial charge on any atom is 0.327 e. The minimum Gasteiger partial charge on any atom is -0.468 e. The quantitative estimate of drug-likeness (QED) is 0.823. The second-order valence-corrected chi connectivity index (χ2v) is 3.95. The summed E-state index contributed by atoms with van der Waals surface area (Å²) in [5, 5.41) is 3.76. The maximum atomic E-state index is 11.6. The minimum absolute atomic E-state index is 0.285. The van der Waals surface area contributed by atoms with Crippen molar-refractivity contribution in [3.63, 3.8) is 0 Å². The van der Waals surface area contributed by atoms with Crippen molar-refractivity contribution in [3.05, 3.63) is 34.3 Å². The van der Waals surface area contributed by atoms with E-state index < -0.39 is 6.04 Å². The molecule has 1 aromatic rings. The number of ether oxygens (including phenoxy) is 1. The fourth-order valence-corrected chi connectivity index (χ4v) is 1.83. The minimum atomic E-state index is -0.424. The van der Waals surface area contributed by atoms with E-state index in [4.69, 9.17) is 16.3 Å². The molecule has 4 heteroatoms. The van der Waals surface area contributed by atoms with Crippen LogP contribution in [0.1, 0.15) is 24.1 Å². The summed E-state index contributed by atoms with van der Waals surface area (Å²) in [6, 6.07) is 5.04. The smallest absolute Gasteiger partial charge is 0.327 e. The number of halogens is 1. The molecule has 0 amide bonds. The van der Waals surface area contributed by atoms with Crippen LogP contribution in [0.4, 0.5) is 0 Å². The van der Waals surface area contributed by atoms with E-state index >= 15 is 0 Å². The Balaban J connectivity index is 3.05. The van der Waals surface area contributed by atoms with Gasteiger partial charge >= 0.3 is 5.97 Å². The highest BCUT2D eigenvalue weighted by Crippen LogP contribution is 2.22. The topological polar surface area (TPSA) is 38.3 Å². The summed E-state index contributed by atoms with van der Waals surface area (Å²) in [4.78, 5) is 11.6. The third-order valence-corrected chi connectivity index (χ3v) is 2.62. The first kappa shape index (κ1) is 13.0. The van der Waals surface area contributed by atoms with Gasteiger partial charge in [-0.2, -0.15) is 0 Å². The van der Waals surface area contributed by atoms with E-state index in [2.05, 4.69) is 5.32 Å². The van der Waals surface area contributed by atoms with E-state index in [1.807, 2.05) is 26.0 Å². The predicted octanol–water partition coefficient (Wildman–Crippen LogP) is 2.47. The van der Waals surface area contributed by atoms with E-state index in [0.717, 1.165) is 11.1 Å². The first-order valence-corrected chi connectivity index (χ1v) is 5.55. The Kier molecular flexibility index (Phi) is 4.77. The molecule has 0 aliphatic heterocycles. The molecule has 16 heavy (non-hydrogen) atoms. The fraction of sp³-hybridized carbons (Fsp3) is 0.417. The molecule has 0 saturated carbocycles. The number of carbonyl (C=O) groups excluding carboxylic acids is 1. The third-order valence-electron chi connectivity index (χ3n) is 2.39. The number of rotatable bonds is 4. The molecule has 0 fully saturated rings. The molecular formula is C12H16ClNO2. The standard InChI is InChI=1S/C12H16ClNO2/c1-4-14-11(12(15)16-3)10-6-5-9(13)7-8(10)2/h5-7,11,14H,4H2,1-3H3. The Labute approximate surface area is 101 Å². The zero-order valence-electron chi connectivity index (χ0n) is 9.71. The molecule has 1 unspecified atom stereocenters. The van der Waals surface area contributed by atoms with Gasteiger partial charge in [-0.3, -0.25) is 0 Å². The number of hydrogen-bond acceptors (Lipinski definition) is 3. The fourth-order valence-electron chi connectivity index (χ4n) is 1.61. The molecule has 0 spiro atoms. The molecule has 0 heterocycles. The number of carbonyl (C=O) groups is 1. The van der Waals surface area contributed by atoms with Crippen molar-refractivity contribution in [2.45, 2.75) is 19.9 Å². The van der Waals surface area contributed by atoms with Gasteiger partial charge in [0.25, 0.3) is 0 Å². The molecule has 1 N–H and O–H groups in total. The Morgan fingerprint density at radius 1 is 1.56 bits per heavy atom. The van der Waals surface area contributed by atoms with Crippen molar-refractivity contribution in [2.24, 2.45) is 0 Å². The van der Waals surface area contributed by atoms with Crippen LogP contribution in [-0.4, -0.2) is 19.6 Å². The summed E-state index contributed by atoms with van der Waals surface area (Å²) in [7, 11) is 1.39. The lowest BCUT2D eigenvalue weighted by molar-refractivity contribution is -0.143. The van der Waals surface area contributed by atoms with Gasteiger partial charge in [0.2, 0.25) is 0 Å². The van der Waals surface area contributed by atoms with Crippen LogP contribution >= 0.6 is 11.6 Å². The second kappa shape index (κ2) is 5.87. The number of nitrogens with one attached hydrogen (secondary N) is 1. The van der Waals surface area contributed by atoms with E-state index in [-0.39, 0.29) is 5.97 Å². The van der Waals surface area contributed by atoms with Crippen molar-refractivity contribution in [3.8, 4) is 0 Å². The van der Waals surface area contributed by atoms with Gasteiger partial charge < -0.3 is 10.1 Å². The van der Waals surface area contributed by atoms with Gasteiger partial charge in [0, 0.05) is 5.02 Å². The average Bonchev–Trinajstić information content (AvgIpc) is 2.26. The third kappa shape index (κ3) is 2.97. The van der Waals surface area contributed by atoms with E-state index in [1.165, 1.54) is 7.11 Å². The Morgan fingerprint density at radius 2 is 2.25 bits per heavy atom. The van der Waals surface area contributed by atoms with Crippen LogP contribution in [0.2, 0.25) is 5.02 Å². The van der Waals surface area contributed by atoms with E-state index in [0.29, 0.717) is 11.6 Å². The lowest BCUT2D eigenvalue weighted by Crippen LogP contribution is -2.30. The normalized spacial score (nSPS) is 12.2. The molecule has 0 saturated heterocycles. The summed E-state index contributed by atoms with van der Waals surface area (Å²) in [5.41, 5.74) is 1.88. The monoisotopic (exact) mass is 241 g/mol. The number of likely N-dealkylation sites (N-methyl/N-ethyl adjacent to an activating group) is 1. The largest absolute Gasteiger partial charge is 0.468 e. The van der Waals surface area contributed by atoms with E-state index in [9.17, 15) is 4.79 Å². The zero-order chi connectivity index (χ0) is 12.1. The van der Waals surface area contributed by atoms with Crippen LogP contribution in [0, 0.1) is 6.92 Å². The molecule has 3 nitrogen and oxygen atoms in total. The molecule has 0 aromatic heterocycles. The molecule has 88 valence electrons. The highest BCUT2D eigenvalue weighted by molar-refractivity contribution is 6.30. The summed E-state index contributed by atoms with van der Waals surface area (Å²) in [6.45, 7) is 4.57. The maximum absolute atomic E-state index is 11.6. The molecule has 1 atom stereocenters. The Hall–Kier alpha value is -1.06. The molecule has 0 aliphatic rings. The van der Waals surface area contributed by atoms with Gasteiger partial charge in [-0.1, -0.05) is 24.6 Å². The average molecular weight is 242 g/mol. The van der Waals surface area contributed by atoms with Crippen LogP contribution < -0.4 is 5.32 Å². The van der Waals surface area contributed by atoms with Gasteiger partial charge in [-0.15, -0.1) is 0 Å². The summed E-state index contributed by atoms with van der Waals surface area (Å²) in [6.07, 6.45) is 0. The highest BCUT2D eigenvalue weighted by Gasteiger charge is 2.21. The van der Waals surface area contributed by atoms with Crippen molar-refractivity contribution in [1.29, 1.82) is 0 Å². The van der Waals surface area contributed by atoms with Crippen LogP contribution in [0.25, 0.3) is 0 Å². The first-order chi connectivity index (χ1) is 7.60. The number of esters is 1. The van der Waals surface area contributed by atoms with Gasteiger partial charge in [-0.05, 0) is 36.7 Å². The molecular weight excluding hydrogens is 226 g/mol. The number of hydrogen-bond donors (Lipinski definition) is 1. The summed E-state index contributed by atoms with van der Waals surface area (Å²) >= 11 is 5.88. The van der Waals surface area contributed by atoms with Gasteiger partial charge in [0.05, 0.1) is 7.11 Å². The van der Waals surface area contributed by atoms with Crippen LogP contribution in [0.15, 0.2) is 18.2 Å². The van der Waals surface area contributed by atoms with Crippen LogP contribution in [0.5, 0.6) is 0 Å². The van der Waals surface area contributed by atoms with E-state index in [1.54, 1.807) is 6.07 Å². The number of aryl methyl sites for hydroxylation is 1. The van der Waals surface area contributed by atoms with Gasteiger partial charge in [0.1, 0.15) is 6.04 Å². The predicted molar refractivity (Wildman–Crippen MR) is 64.6 cm³/mol. The van der Waals surface area contributed by atoms with Crippen LogP contribution in [0.3, 0.4) is 0 Å².